The summed E-state index contributed by atoms with van der Waals surface area (Å²) in [7, 11) is 0. The molecule has 0 atom stereocenters. The van der Waals surface area contributed by atoms with Gasteiger partial charge < -0.3 is 20.1 Å². The fourth-order valence-corrected chi connectivity index (χ4v) is 2.07. The van der Waals surface area contributed by atoms with E-state index in [0.29, 0.717) is 11.9 Å². The SMILES string of the molecule is CC(C)(C)OC(=O)NCC=Cc1ccc2[nH]cc(C(=O)O)c2c1. The number of aromatic carboxylic acids is 1. The van der Waals surface area contributed by atoms with Crippen LogP contribution in [0.4, 0.5) is 4.79 Å². The topological polar surface area (TPSA) is 91.4 Å². The number of alkyl carbamates (subject to hydrolysis) is 1. The number of hydrogen-bond donors (Lipinski definition) is 3. The summed E-state index contributed by atoms with van der Waals surface area (Å²) in [5.41, 5.74) is 1.33. The average Bonchev–Trinajstić information content (AvgIpc) is 2.85. The van der Waals surface area contributed by atoms with Crippen molar-refractivity contribution in [2.45, 2.75) is 26.4 Å². The summed E-state index contributed by atoms with van der Waals surface area (Å²) in [5, 5.41) is 12.4. The van der Waals surface area contributed by atoms with E-state index < -0.39 is 17.7 Å². The summed E-state index contributed by atoms with van der Waals surface area (Å²) in [6, 6.07) is 5.48. The molecule has 0 spiro atoms. The predicted octanol–water partition coefficient (Wildman–Crippen LogP) is 3.40. The normalized spacial score (nSPS) is 11.8. The number of fused-ring (bicyclic) bond motifs is 1. The number of carbonyl (C=O) groups excluding carboxylic acids is 1. The van der Waals surface area contributed by atoms with Gasteiger partial charge in [-0.1, -0.05) is 18.2 Å². The van der Waals surface area contributed by atoms with Crippen LogP contribution in [0.5, 0.6) is 0 Å². The summed E-state index contributed by atoms with van der Waals surface area (Å²) in [5.74, 6) is -0.969. The number of carbonyl (C=O) groups is 2. The van der Waals surface area contributed by atoms with Crippen LogP contribution in [-0.2, 0) is 4.74 Å². The van der Waals surface area contributed by atoms with Gasteiger partial charge in [-0.15, -0.1) is 0 Å². The zero-order valence-corrected chi connectivity index (χ0v) is 13.3. The number of carboxylic acid groups (broad SMARTS) is 1. The van der Waals surface area contributed by atoms with E-state index in [-0.39, 0.29) is 5.56 Å². The van der Waals surface area contributed by atoms with Crippen molar-refractivity contribution in [2.75, 3.05) is 6.54 Å². The van der Waals surface area contributed by atoms with Crippen LogP contribution in [0.15, 0.2) is 30.5 Å². The van der Waals surface area contributed by atoms with Gasteiger partial charge in [-0.3, -0.25) is 0 Å². The maximum absolute atomic E-state index is 11.5. The van der Waals surface area contributed by atoms with Crippen molar-refractivity contribution in [1.29, 1.82) is 0 Å². The first kappa shape index (κ1) is 16.6. The van der Waals surface area contributed by atoms with Crippen LogP contribution in [0.25, 0.3) is 17.0 Å². The van der Waals surface area contributed by atoms with Gasteiger partial charge in [0.15, 0.2) is 0 Å². The van der Waals surface area contributed by atoms with Gasteiger partial charge in [0.25, 0.3) is 0 Å². The number of hydrogen-bond acceptors (Lipinski definition) is 3. The minimum Gasteiger partial charge on any atom is -0.478 e. The van der Waals surface area contributed by atoms with Crippen LogP contribution < -0.4 is 5.32 Å². The van der Waals surface area contributed by atoms with Crippen molar-refractivity contribution in [3.63, 3.8) is 0 Å². The second-order valence-electron chi connectivity index (χ2n) is 6.10. The molecule has 23 heavy (non-hydrogen) atoms. The van der Waals surface area contributed by atoms with Gasteiger partial charge in [0, 0.05) is 23.6 Å². The van der Waals surface area contributed by atoms with Gasteiger partial charge in [0.2, 0.25) is 0 Å². The molecule has 0 aliphatic carbocycles. The Hall–Kier alpha value is -2.76. The van der Waals surface area contributed by atoms with Crippen molar-refractivity contribution in [2.24, 2.45) is 0 Å². The maximum atomic E-state index is 11.5. The lowest BCUT2D eigenvalue weighted by atomic mass is 10.1. The second-order valence-corrected chi connectivity index (χ2v) is 6.10. The third-order valence-corrected chi connectivity index (χ3v) is 3.01. The van der Waals surface area contributed by atoms with Gasteiger partial charge in [0.05, 0.1) is 5.56 Å². The molecule has 1 aromatic heterocycles. The molecular formula is C17H20N2O4. The Morgan fingerprint density at radius 2 is 2.09 bits per heavy atom. The fraction of sp³-hybridized carbons (Fsp3) is 0.294. The van der Waals surface area contributed by atoms with Crippen LogP contribution in [0, 0.1) is 0 Å². The van der Waals surface area contributed by atoms with Crippen LogP contribution >= 0.6 is 0 Å². The largest absolute Gasteiger partial charge is 0.478 e. The molecule has 6 heteroatoms. The highest BCUT2D eigenvalue weighted by atomic mass is 16.6. The Bertz CT molecular complexity index is 754. The average molecular weight is 316 g/mol. The number of benzene rings is 1. The van der Waals surface area contributed by atoms with Gasteiger partial charge in [-0.05, 0) is 38.5 Å². The summed E-state index contributed by atoms with van der Waals surface area (Å²) in [6.45, 7) is 5.73. The van der Waals surface area contributed by atoms with E-state index in [1.807, 2.05) is 18.2 Å². The first-order chi connectivity index (χ1) is 10.8. The third-order valence-electron chi connectivity index (χ3n) is 3.01. The van der Waals surface area contributed by atoms with Gasteiger partial charge >= 0.3 is 12.1 Å². The molecular weight excluding hydrogens is 296 g/mol. The van der Waals surface area contributed by atoms with Crippen LogP contribution in [0.3, 0.4) is 0 Å². The lowest BCUT2D eigenvalue weighted by molar-refractivity contribution is 0.0533. The Labute approximate surface area is 134 Å². The monoisotopic (exact) mass is 316 g/mol. The molecule has 0 saturated heterocycles. The van der Waals surface area contributed by atoms with E-state index in [4.69, 9.17) is 9.84 Å². The van der Waals surface area contributed by atoms with E-state index in [1.165, 1.54) is 6.20 Å². The van der Waals surface area contributed by atoms with Crippen LogP contribution in [0.1, 0.15) is 36.7 Å². The number of ether oxygens (including phenoxy) is 1. The highest BCUT2D eigenvalue weighted by Crippen LogP contribution is 2.20. The zero-order chi connectivity index (χ0) is 17.0. The number of H-pyrrole nitrogens is 1. The van der Waals surface area contributed by atoms with Crippen LogP contribution in [-0.4, -0.2) is 34.3 Å². The highest BCUT2D eigenvalue weighted by Gasteiger charge is 2.15. The Morgan fingerprint density at radius 1 is 1.35 bits per heavy atom. The minimum atomic E-state index is -0.969. The molecule has 0 saturated carbocycles. The summed E-state index contributed by atoms with van der Waals surface area (Å²) < 4.78 is 5.13. The van der Waals surface area contributed by atoms with Gasteiger partial charge in [-0.2, -0.15) is 0 Å². The number of aromatic nitrogens is 1. The molecule has 2 aromatic rings. The zero-order valence-electron chi connectivity index (χ0n) is 13.3. The number of carboxylic acids is 1. The Morgan fingerprint density at radius 3 is 2.74 bits per heavy atom. The van der Waals surface area contributed by atoms with E-state index in [1.54, 1.807) is 32.9 Å². The first-order valence-corrected chi connectivity index (χ1v) is 7.24. The van der Waals surface area contributed by atoms with Gasteiger partial charge in [-0.25, -0.2) is 9.59 Å². The molecule has 6 nitrogen and oxygen atoms in total. The van der Waals surface area contributed by atoms with Crippen molar-refractivity contribution in [1.82, 2.24) is 10.3 Å². The minimum absolute atomic E-state index is 0.238. The van der Waals surface area contributed by atoms with Gasteiger partial charge in [0.1, 0.15) is 5.60 Å². The molecule has 0 fully saturated rings. The smallest absolute Gasteiger partial charge is 0.407 e. The lowest BCUT2D eigenvalue weighted by Crippen LogP contribution is -2.32. The first-order valence-electron chi connectivity index (χ1n) is 7.24. The summed E-state index contributed by atoms with van der Waals surface area (Å²) in [4.78, 5) is 25.6. The van der Waals surface area contributed by atoms with Crippen molar-refractivity contribution in [3.05, 3.63) is 41.6 Å². The maximum Gasteiger partial charge on any atom is 0.407 e. The molecule has 122 valence electrons. The molecule has 1 aromatic carbocycles. The van der Waals surface area contributed by atoms with E-state index >= 15 is 0 Å². The Kier molecular flexibility index (Phi) is 4.74. The van der Waals surface area contributed by atoms with E-state index in [2.05, 4.69) is 10.3 Å². The molecule has 1 heterocycles. The molecule has 0 bridgehead atoms. The molecule has 2 rings (SSSR count). The van der Waals surface area contributed by atoms with Crippen molar-refractivity contribution in [3.8, 4) is 0 Å². The summed E-state index contributed by atoms with van der Waals surface area (Å²) in [6.07, 6.45) is 4.59. The molecule has 0 unspecified atom stereocenters. The second kappa shape index (κ2) is 6.56. The third kappa shape index (κ3) is 4.60. The quantitative estimate of drug-likeness (QED) is 0.806. The molecule has 0 aliphatic heterocycles. The predicted molar refractivity (Wildman–Crippen MR) is 88.5 cm³/mol. The highest BCUT2D eigenvalue weighted by molar-refractivity contribution is 6.03. The standard InChI is InChI=1S/C17H20N2O4/c1-17(2,3)23-16(22)18-8-4-5-11-6-7-14-12(9-11)13(10-19-14)15(20)21/h4-7,9-10,19H,8H2,1-3H3,(H,18,22)(H,20,21). The molecule has 0 radical (unpaired) electrons. The number of amides is 1. The van der Waals surface area contributed by atoms with E-state index in [9.17, 15) is 9.59 Å². The van der Waals surface area contributed by atoms with E-state index in [0.717, 1.165) is 11.1 Å². The number of aromatic amines is 1. The molecule has 3 N–H and O–H groups in total. The number of rotatable bonds is 4. The van der Waals surface area contributed by atoms with Crippen molar-refractivity contribution >= 4 is 29.0 Å². The van der Waals surface area contributed by atoms with Crippen LogP contribution in [0.2, 0.25) is 0 Å². The Balaban J connectivity index is 2.00. The number of nitrogens with one attached hydrogen (secondary N) is 2. The molecule has 1 amide bonds. The molecule has 0 aliphatic rings. The lowest BCUT2D eigenvalue weighted by Gasteiger charge is -2.19. The van der Waals surface area contributed by atoms with Crippen molar-refractivity contribution < 1.29 is 19.4 Å². The fourth-order valence-electron chi connectivity index (χ4n) is 2.07. The summed E-state index contributed by atoms with van der Waals surface area (Å²) >= 11 is 0.